The number of halogens is 3. The third-order valence-electron chi connectivity index (χ3n) is 5.32. The Morgan fingerprint density at radius 3 is 2.50 bits per heavy atom. The molecule has 1 saturated heterocycles. The van der Waals surface area contributed by atoms with E-state index < -0.39 is 12.0 Å². The number of carbonyl (C=O) groups is 1. The molecule has 0 spiro atoms. The number of hydrogen-bond donors (Lipinski definition) is 1. The Balaban J connectivity index is 1.68. The highest BCUT2D eigenvalue weighted by Crippen LogP contribution is 2.36. The summed E-state index contributed by atoms with van der Waals surface area (Å²) in [7, 11) is 1.39. The van der Waals surface area contributed by atoms with E-state index in [1.54, 1.807) is 24.3 Å². The van der Waals surface area contributed by atoms with Crippen LogP contribution in [0.4, 0.5) is 8.78 Å². The zero-order chi connectivity index (χ0) is 21.6. The van der Waals surface area contributed by atoms with Gasteiger partial charge in [-0.05, 0) is 54.7 Å². The van der Waals surface area contributed by atoms with Crippen molar-refractivity contribution in [1.82, 2.24) is 5.32 Å². The lowest BCUT2D eigenvalue weighted by molar-refractivity contribution is -0.130. The average molecular weight is 440 g/mol. The SMILES string of the molecule is COc1ccc(CCNC(=O)C2(c3ccc(Cl)cc3)CCOCC2)cc1OC(F)F. The van der Waals surface area contributed by atoms with Crippen molar-refractivity contribution in [3.05, 3.63) is 58.6 Å². The molecule has 0 unspecified atom stereocenters. The molecule has 0 saturated carbocycles. The van der Waals surface area contributed by atoms with Crippen LogP contribution in [0.1, 0.15) is 24.0 Å². The number of nitrogens with one attached hydrogen (secondary N) is 1. The van der Waals surface area contributed by atoms with Gasteiger partial charge >= 0.3 is 6.61 Å². The van der Waals surface area contributed by atoms with Crippen molar-refractivity contribution in [2.24, 2.45) is 0 Å². The molecule has 5 nitrogen and oxygen atoms in total. The number of benzene rings is 2. The Bertz CT molecular complexity index is 855. The quantitative estimate of drug-likeness (QED) is 0.664. The van der Waals surface area contributed by atoms with E-state index in [4.69, 9.17) is 21.1 Å². The molecule has 2 aromatic carbocycles. The van der Waals surface area contributed by atoms with Gasteiger partial charge in [0.1, 0.15) is 0 Å². The van der Waals surface area contributed by atoms with Gasteiger partial charge < -0.3 is 19.5 Å². The van der Waals surface area contributed by atoms with E-state index in [1.165, 1.54) is 13.2 Å². The summed E-state index contributed by atoms with van der Waals surface area (Å²) >= 11 is 6.00. The summed E-state index contributed by atoms with van der Waals surface area (Å²) in [6, 6.07) is 12.2. The molecular formula is C22H24ClF2NO4. The molecule has 1 heterocycles. The van der Waals surface area contributed by atoms with Crippen LogP contribution in [0, 0.1) is 0 Å². The van der Waals surface area contributed by atoms with E-state index in [2.05, 4.69) is 10.1 Å². The molecule has 3 rings (SSSR count). The number of amides is 1. The lowest BCUT2D eigenvalue weighted by Gasteiger charge is -2.36. The third-order valence-corrected chi connectivity index (χ3v) is 5.57. The maximum absolute atomic E-state index is 13.2. The standard InChI is InChI=1S/C22H24ClF2NO4/c1-28-18-7-2-15(14-19(18)30-21(24)25)8-11-26-20(27)22(9-12-29-13-10-22)16-3-5-17(23)6-4-16/h2-7,14,21H,8-13H2,1H3,(H,26,27). The fraction of sp³-hybridized carbons (Fsp3) is 0.409. The average Bonchev–Trinajstić information content (AvgIpc) is 2.74. The maximum atomic E-state index is 13.2. The number of methoxy groups -OCH3 is 1. The van der Waals surface area contributed by atoms with Crippen molar-refractivity contribution in [1.29, 1.82) is 0 Å². The molecule has 162 valence electrons. The van der Waals surface area contributed by atoms with E-state index in [-0.39, 0.29) is 17.4 Å². The number of ether oxygens (including phenoxy) is 3. The molecule has 2 aromatic rings. The molecule has 1 N–H and O–H groups in total. The lowest BCUT2D eigenvalue weighted by Crippen LogP contribution is -2.48. The Hall–Kier alpha value is -2.38. The van der Waals surface area contributed by atoms with Crippen LogP contribution in [0.5, 0.6) is 11.5 Å². The number of hydrogen-bond acceptors (Lipinski definition) is 4. The molecule has 0 aliphatic carbocycles. The Labute approximate surface area is 179 Å². The van der Waals surface area contributed by atoms with Gasteiger partial charge in [0.2, 0.25) is 5.91 Å². The van der Waals surface area contributed by atoms with Crippen LogP contribution >= 0.6 is 11.6 Å². The monoisotopic (exact) mass is 439 g/mol. The summed E-state index contributed by atoms with van der Waals surface area (Å²) in [5.74, 6) is 0.121. The predicted molar refractivity (Wildman–Crippen MR) is 110 cm³/mol. The molecule has 1 aliphatic heterocycles. The molecule has 0 bridgehead atoms. The van der Waals surface area contributed by atoms with Crippen LogP contribution in [0.25, 0.3) is 0 Å². The molecule has 0 atom stereocenters. The minimum atomic E-state index is -2.94. The van der Waals surface area contributed by atoms with Gasteiger partial charge in [0, 0.05) is 24.8 Å². The van der Waals surface area contributed by atoms with Gasteiger partial charge in [0.15, 0.2) is 11.5 Å². The Morgan fingerprint density at radius 2 is 1.87 bits per heavy atom. The fourth-order valence-electron chi connectivity index (χ4n) is 3.69. The Morgan fingerprint density at radius 1 is 1.17 bits per heavy atom. The molecule has 30 heavy (non-hydrogen) atoms. The first-order valence-electron chi connectivity index (χ1n) is 9.68. The first kappa shape index (κ1) is 22.3. The second kappa shape index (κ2) is 10.1. The molecule has 0 aromatic heterocycles. The third kappa shape index (κ3) is 5.21. The van der Waals surface area contributed by atoms with Crippen LogP contribution in [0.15, 0.2) is 42.5 Å². The molecule has 1 fully saturated rings. The fourth-order valence-corrected chi connectivity index (χ4v) is 3.82. The highest BCUT2D eigenvalue weighted by molar-refractivity contribution is 6.30. The highest BCUT2D eigenvalue weighted by Gasteiger charge is 2.41. The van der Waals surface area contributed by atoms with Gasteiger partial charge in [-0.2, -0.15) is 8.78 Å². The van der Waals surface area contributed by atoms with E-state index in [0.29, 0.717) is 44.0 Å². The van der Waals surface area contributed by atoms with Gasteiger partial charge in [-0.15, -0.1) is 0 Å². The van der Waals surface area contributed by atoms with E-state index in [1.807, 2.05) is 12.1 Å². The van der Waals surface area contributed by atoms with Crippen molar-refractivity contribution in [2.45, 2.75) is 31.3 Å². The predicted octanol–water partition coefficient (Wildman–Crippen LogP) is 4.36. The minimum absolute atomic E-state index is 0.0293. The largest absolute Gasteiger partial charge is 0.493 e. The number of rotatable bonds is 8. The highest BCUT2D eigenvalue weighted by atomic mass is 35.5. The van der Waals surface area contributed by atoms with Crippen molar-refractivity contribution in [3.8, 4) is 11.5 Å². The second-order valence-electron chi connectivity index (χ2n) is 7.07. The molecule has 1 amide bonds. The van der Waals surface area contributed by atoms with Gasteiger partial charge in [0.05, 0.1) is 12.5 Å². The van der Waals surface area contributed by atoms with Crippen molar-refractivity contribution in [2.75, 3.05) is 26.9 Å². The van der Waals surface area contributed by atoms with E-state index in [0.717, 1.165) is 11.1 Å². The minimum Gasteiger partial charge on any atom is -0.493 e. The zero-order valence-corrected chi connectivity index (χ0v) is 17.4. The van der Waals surface area contributed by atoms with Crippen LogP contribution in [0.2, 0.25) is 5.02 Å². The first-order chi connectivity index (χ1) is 14.4. The summed E-state index contributed by atoms with van der Waals surface area (Å²) in [4.78, 5) is 13.2. The van der Waals surface area contributed by atoms with Crippen LogP contribution < -0.4 is 14.8 Å². The van der Waals surface area contributed by atoms with Crippen LogP contribution in [-0.2, 0) is 21.4 Å². The Kier molecular flexibility index (Phi) is 7.50. The molecular weight excluding hydrogens is 416 g/mol. The lowest BCUT2D eigenvalue weighted by atomic mass is 9.73. The molecule has 0 radical (unpaired) electrons. The number of alkyl halides is 2. The van der Waals surface area contributed by atoms with Crippen molar-refractivity contribution in [3.63, 3.8) is 0 Å². The number of carbonyl (C=O) groups excluding carboxylic acids is 1. The van der Waals surface area contributed by atoms with Crippen LogP contribution in [0.3, 0.4) is 0 Å². The van der Waals surface area contributed by atoms with Gasteiger partial charge in [0.25, 0.3) is 0 Å². The summed E-state index contributed by atoms with van der Waals surface area (Å²) in [5.41, 5.74) is 0.983. The topological polar surface area (TPSA) is 56.8 Å². The molecule has 1 aliphatic rings. The van der Waals surface area contributed by atoms with E-state index in [9.17, 15) is 13.6 Å². The summed E-state index contributed by atoms with van der Waals surface area (Å²) in [6.07, 6.45) is 1.62. The van der Waals surface area contributed by atoms with Crippen molar-refractivity contribution < 1.29 is 27.8 Å². The van der Waals surface area contributed by atoms with Crippen molar-refractivity contribution >= 4 is 17.5 Å². The summed E-state index contributed by atoms with van der Waals surface area (Å²) in [6.45, 7) is -1.58. The van der Waals surface area contributed by atoms with Gasteiger partial charge in [-0.1, -0.05) is 29.8 Å². The normalized spacial score (nSPS) is 15.6. The maximum Gasteiger partial charge on any atom is 0.387 e. The summed E-state index contributed by atoms with van der Waals surface area (Å²) < 4.78 is 40.2. The second-order valence-corrected chi connectivity index (χ2v) is 7.51. The van der Waals surface area contributed by atoms with E-state index >= 15 is 0 Å². The zero-order valence-electron chi connectivity index (χ0n) is 16.6. The first-order valence-corrected chi connectivity index (χ1v) is 10.1. The molecule has 8 heteroatoms. The smallest absolute Gasteiger partial charge is 0.387 e. The van der Waals surface area contributed by atoms with Crippen LogP contribution in [-0.4, -0.2) is 39.4 Å². The summed E-state index contributed by atoms with van der Waals surface area (Å²) in [5, 5.41) is 3.61. The van der Waals surface area contributed by atoms with Gasteiger partial charge in [-0.3, -0.25) is 4.79 Å². The van der Waals surface area contributed by atoms with Gasteiger partial charge in [-0.25, -0.2) is 0 Å².